The first-order valence-electron chi connectivity index (χ1n) is 9.86. The summed E-state index contributed by atoms with van der Waals surface area (Å²) in [6.45, 7) is 0. The number of nitro groups is 1. The van der Waals surface area contributed by atoms with Crippen LogP contribution in [-0.2, 0) is 9.59 Å². The van der Waals surface area contributed by atoms with E-state index in [0.29, 0.717) is 27.0 Å². The lowest BCUT2D eigenvalue weighted by molar-refractivity contribution is -0.384. The minimum absolute atomic E-state index is 0.0853. The number of hydrogen-bond acceptors (Lipinski definition) is 6. The molecule has 0 aliphatic carbocycles. The van der Waals surface area contributed by atoms with Crippen molar-refractivity contribution in [2.75, 3.05) is 9.91 Å². The van der Waals surface area contributed by atoms with Gasteiger partial charge in [0.05, 0.1) is 22.0 Å². The first kappa shape index (κ1) is 21.1. The lowest BCUT2D eigenvalue weighted by atomic mass is 9.92. The van der Waals surface area contributed by atoms with Crippen molar-refractivity contribution in [3.8, 4) is 0 Å². The van der Waals surface area contributed by atoms with Gasteiger partial charge < -0.3 is 0 Å². The van der Waals surface area contributed by atoms with Crippen molar-refractivity contribution >= 4 is 57.8 Å². The van der Waals surface area contributed by atoms with Gasteiger partial charge in [-0.1, -0.05) is 41.4 Å². The van der Waals surface area contributed by atoms with E-state index in [2.05, 4.69) is 5.10 Å². The predicted octanol–water partition coefficient (Wildman–Crippen LogP) is 4.68. The molecule has 2 amide bonds. The van der Waals surface area contributed by atoms with Gasteiger partial charge in [-0.25, -0.2) is 4.90 Å². The van der Waals surface area contributed by atoms with Crippen molar-refractivity contribution in [2.45, 2.75) is 6.04 Å². The number of anilines is 2. The van der Waals surface area contributed by atoms with E-state index >= 15 is 0 Å². The maximum Gasteiger partial charge on any atom is 0.269 e. The number of halogens is 2. The third-order valence-electron chi connectivity index (χ3n) is 5.55. The molecule has 2 aliphatic heterocycles. The molecule has 0 saturated carbocycles. The Labute approximate surface area is 197 Å². The largest absolute Gasteiger partial charge is 0.273 e. The summed E-state index contributed by atoms with van der Waals surface area (Å²) in [6.07, 6.45) is 0. The van der Waals surface area contributed by atoms with Gasteiger partial charge >= 0.3 is 0 Å². The SMILES string of the molecule is O=C1[C@H]2C(c3ccc([N+](=O)[O-])cc3)=NN(c3ccccc3)[C@@H]2C(=O)N1c1cc(Cl)cc(Cl)c1. The average molecular weight is 481 g/mol. The second-order valence-corrected chi connectivity index (χ2v) is 8.40. The van der Waals surface area contributed by atoms with E-state index in [1.54, 1.807) is 24.3 Å². The van der Waals surface area contributed by atoms with Crippen LogP contribution in [0.4, 0.5) is 17.1 Å². The average Bonchev–Trinajstić information content (AvgIpc) is 3.30. The predicted molar refractivity (Wildman–Crippen MR) is 125 cm³/mol. The molecule has 2 atom stereocenters. The highest BCUT2D eigenvalue weighted by Crippen LogP contribution is 2.40. The highest BCUT2D eigenvalue weighted by molar-refractivity contribution is 6.37. The zero-order valence-corrected chi connectivity index (χ0v) is 18.3. The van der Waals surface area contributed by atoms with E-state index in [9.17, 15) is 19.7 Å². The lowest BCUT2D eigenvalue weighted by Crippen LogP contribution is -2.39. The standard InChI is InChI=1S/C23H14Cl2N4O4/c24-14-10-15(25)12-18(11-14)27-22(30)19-20(13-6-8-17(9-7-13)29(32)33)26-28(21(19)23(27)31)16-4-2-1-3-5-16/h1-12,19,21H/t19-,21-/m0/s1. The number of carbonyl (C=O) groups is 2. The molecule has 0 unspecified atom stereocenters. The van der Waals surface area contributed by atoms with Crippen LogP contribution in [-0.4, -0.2) is 28.5 Å². The summed E-state index contributed by atoms with van der Waals surface area (Å²) < 4.78 is 0. The molecule has 8 nitrogen and oxygen atoms in total. The van der Waals surface area contributed by atoms with Crippen LogP contribution >= 0.6 is 23.2 Å². The van der Waals surface area contributed by atoms with Gasteiger partial charge in [-0.05, 0) is 48.0 Å². The Bertz CT molecular complexity index is 1310. The molecule has 0 bridgehead atoms. The molecule has 0 N–H and O–H groups in total. The molecule has 0 aromatic heterocycles. The molecule has 33 heavy (non-hydrogen) atoms. The van der Waals surface area contributed by atoms with E-state index in [1.807, 2.05) is 6.07 Å². The van der Waals surface area contributed by atoms with Crippen LogP contribution in [0.15, 0.2) is 77.9 Å². The molecule has 0 spiro atoms. The van der Waals surface area contributed by atoms with E-state index < -0.39 is 28.7 Å². The van der Waals surface area contributed by atoms with Crippen LogP contribution in [0.5, 0.6) is 0 Å². The Morgan fingerprint density at radius 2 is 1.48 bits per heavy atom. The quantitative estimate of drug-likeness (QED) is 0.306. The van der Waals surface area contributed by atoms with Gasteiger partial charge in [-0.2, -0.15) is 5.10 Å². The molecule has 0 radical (unpaired) electrons. The van der Waals surface area contributed by atoms with E-state index in [4.69, 9.17) is 23.2 Å². The van der Waals surface area contributed by atoms with Gasteiger partial charge in [0.1, 0.15) is 12.0 Å². The molecule has 2 aliphatic rings. The first-order chi connectivity index (χ1) is 15.8. The summed E-state index contributed by atoms with van der Waals surface area (Å²) in [5.41, 5.74) is 1.69. The van der Waals surface area contributed by atoms with Crippen molar-refractivity contribution < 1.29 is 14.5 Å². The summed E-state index contributed by atoms with van der Waals surface area (Å²) in [7, 11) is 0. The third kappa shape index (κ3) is 3.53. The minimum atomic E-state index is -0.914. The molecule has 5 rings (SSSR count). The van der Waals surface area contributed by atoms with Crippen molar-refractivity contribution in [3.63, 3.8) is 0 Å². The molecule has 3 aromatic carbocycles. The number of non-ortho nitro benzene ring substituents is 1. The Morgan fingerprint density at radius 3 is 2.09 bits per heavy atom. The van der Waals surface area contributed by atoms with Gasteiger partial charge in [0.15, 0.2) is 0 Å². The smallest absolute Gasteiger partial charge is 0.269 e. The van der Waals surface area contributed by atoms with Gasteiger partial charge in [0, 0.05) is 22.2 Å². The lowest BCUT2D eigenvalue weighted by Gasteiger charge is -2.22. The van der Waals surface area contributed by atoms with Crippen molar-refractivity contribution in [1.29, 1.82) is 0 Å². The number of benzene rings is 3. The Morgan fingerprint density at radius 1 is 0.848 bits per heavy atom. The molecule has 1 fully saturated rings. The van der Waals surface area contributed by atoms with Crippen LogP contribution in [0.1, 0.15) is 5.56 Å². The Kier molecular flexibility index (Phi) is 5.11. The summed E-state index contributed by atoms with van der Waals surface area (Å²) >= 11 is 12.2. The van der Waals surface area contributed by atoms with Crippen LogP contribution < -0.4 is 9.91 Å². The van der Waals surface area contributed by atoms with Crippen LogP contribution in [0.2, 0.25) is 10.0 Å². The maximum atomic E-state index is 13.6. The van der Waals surface area contributed by atoms with E-state index in [1.165, 1.54) is 47.5 Å². The molecule has 1 saturated heterocycles. The van der Waals surface area contributed by atoms with Gasteiger partial charge in [0.2, 0.25) is 5.91 Å². The fourth-order valence-electron chi connectivity index (χ4n) is 4.12. The van der Waals surface area contributed by atoms with Crippen molar-refractivity contribution in [1.82, 2.24) is 0 Å². The number of rotatable bonds is 4. The molecule has 164 valence electrons. The molecular formula is C23H14Cl2N4O4. The zero-order valence-electron chi connectivity index (χ0n) is 16.8. The Balaban J connectivity index is 1.62. The number of fused-ring (bicyclic) bond motifs is 1. The highest BCUT2D eigenvalue weighted by atomic mass is 35.5. The fourth-order valence-corrected chi connectivity index (χ4v) is 4.64. The number of nitro benzene ring substituents is 1. The van der Waals surface area contributed by atoms with Gasteiger partial charge in [-0.3, -0.25) is 24.7 Å². The molecule has 10 heteroatoms. The number of carbonyl (C=O) groups excluding carboxylic acids is 2. The number of amides is 2. The van der Waals surface area contributed by atoms with Crippen LogP contribution in [0, 0.1) is 16.0 Å². The second kappa shape index (κ2) is 7.99. The number of nitrogens with zero attached hydrogens (tertiary/aromatic N) is 4. The van der Waals surface area contributed by atoms with Crippen molar-refractivity contribution in [3.05, 3.63) is 98.5 Å². The second-order valence-electron chi connectivity index (χ2n) is 7.53. The number of para-hydroxylation sites is 1. The summed E-state index contributed by atoms with van der Waals surface area (Å²) in [6, 6.07) is 18.4. The Hall–Kier alpha value is -3.75. The summed E-state index contributed by atoms with van der Waals surface area (Å²) in [5.74, 6) is -1.84. The normalized spacial score (nSPS) is 19.6. The van der Waals surface area contributed by atoms with Crippen LogP contribution in [0.25, 0.3) is 0 Å². The number of hydrogen-bond donors (Lipinski definition) is 0. The van der Waals surface area contributed by atoms with Gasteiger partial charge in [0.25, 0.3) is 11.6 Å². The molecular weight excluding hydrogens is 467 g/mol. The van der Waals surface area contributed by atoms with Crippen LogP contribution in [0.3, 0.4) is 0 Å². The topological polar surface area (TPSA) is 96.1 Å². The van der Waals surface area contributed by atoms with Crippen molar-refractivity contribution in [2.24, 2.45) is 11.0 Å². The zero-order chi connectivity index (χ0) is 23.3. The number of hydrazone groups is 1. The highest BCUT2D eigenvalue weighted by Gasteiger charge is 2.57. The molecule has 3 aromatic rings. The van der Waals surface area contributed by atoms with E-state index in [0.717, 1.165) is 4.90 Å². The maximum absolute atomic E-state index is 13.6. The monoisotopic (exact) mass is 480 g/mol. The minimum Gasteiger partial charge on any atom is -0.273 e. The summed E-state index contributed by atoms with van der Waals surface area (Å²) in [4.78, 5) is 38.7. The molecule has 2 heterocycles. The fraction of sp³-hybridized carbons (Fsp3) is 0.0870. The number of imide groups is 1. The van der Waals surface area contributed by atoms with Gasteiger partial charge in [-0.15, -0.1) is 0 Å². The summed E-state index contributed by atoms with van der Waals surface area (Å²) in [5, 5.41) is 17.8. The third-order valence-corrected chi connectivity index (χ3v) is 5.99. The first-order valence-corrected chi connectivity index (χ1v) is 10.6. The van der Waals surface area contributed by atoms with E-state index in [-0.39, 0.29) is 11.4 Å².